The number of aromatic nitrogens is 1. The molecule has 0 unspecified atom stereocenters. The van der Waals surface area contributed by atoms with Crippen LogP contribution in [0.25, 0.3) is 10.4 Å². The van der Waals surface area contributed by atoms with Gasteiger partial charge in [-0.15, -0.1) is 11.3 Å². The molecule has 1 aromatic carbocycles. The van der Waals surface area contributed by atoms with Crippen LogP contribution in [0.2, 0.25) is 0 Å². The molecule has 2 aromatic rings. The molecular weight excluding hydrogens is 324 g/mol. The Morgan fingerprint density at radius 3 is 2.62 bits per heavy atom. The zero-order chi connectivity index (χ0) is 17.1. The minimum absolute atomic E-state index is 0.0271. The molecule has 1 aromatic heterocycles. The van der Waals surface area contributed by atoms with E-state index in [1.165, 1.54) is 11.3 Å². The van der Waals surface area contributed by atoms with Crippen molar-refractivity contribution in [2.24, 2.45) is 5.92 Å². The smallest absolute Gasteiger partial charge is 0.358 e. The second-order valence-corrected chi connectivity index (χ2v) is 7.13. The average molecular weight is 344 g/mol. The normalized spacial score (nSPS) is 13.6. The van der Waals surface area contributed by atoms with Crippen molar-refractivity contribution in [3.05, 3.63) is 35.0 Å². The van der Waals surface area contributed by atoms with E-state index in [1.54, 1.807) is 0 Å². The number of aryl methyl sites for hydroxylation is 1. The van der Waals surface area contributed by atoms with Crippen LogP contribution in [0.3, 0.4) is 0 Å². The van der Waals surface area contributed by atoms with Crippen molar-refractivity contribution in [1.29, 1.82) is 0 Å². The van der Waals surface area contributed by atoms with Gasteiger partial charge in [0.15, 0.2) is 5.69 Å². The van der Waals surface area contributed by atoms with E-state index in [2.05, 4.69) is 10.3 Å². The monoisotopic (exact) mass is 344 g/mol. The zero-order valence-corrected chi connectivity index (χ0v) is 14.6. The van der Waals surface area contributed by atoms with E-state index in [0.717, 1.165) is 34.0 Å². The molecule has 0 bridgehead atoms. The van der Waals surface area contributed by atoms with Crippen LogP contribution in [0.4, 0.5) is 5.69 Å². The zero-order valence-electron chi connectivity index (χ0n) is 13.8. The van der Waals surface area contributed by atoms with Gasteiger partial charge in [-0.05, 0) is 43.4 Å². The highest BCUT2D eigenvalue weighted by Gasteiger charge is 2.25. The Kier molecular flexibility index (Phi) is 4.94. The van der Waals surface area contributed by atoms with E-state index in [9.17, 15) is 9.59 Å². The van der Waals surface area contributed by atoms with Gasteiger partial charge in [0.1, 0.15) is 0 Å². The Balaban J connectivity index is 1.78. The number of hydrogen-bond donors (Lipinski definition) is 1. The first-order chi connectivity index (χ1) is 11.6. The standard InChI is InChI=1S/C18H20N2O3S/c1-3-15(21)20-14-8-6-13(7-9-14)17-16(19-11(2)24-17)18(22)23-10-12-4-5-12/h6-9,12H,3-5,10H2,1-2H3,(H,20,21). The summed E-state index contributed by atoms with van der Waals surface area (Å²) in [5.41, 5.74) is 2.02. The quantitative estimate of drug-likeness (QED) is 0.803. The lowest BCUT2D eigenvalue weighted by atomic mass is 10.1. The summed E-state index contributed by atoms with van der Waals surface area (Å²) >= 11 is 1.47. The van der Waals surface area contributed by atoms with Crippen LogP contribution in [-0.4, -0.2) is 23.5 Å². The van der Waals surface area contributed by atoms with Gasteiger partial charge in [0.05, 0.1) is 16.5 Å². The summed E-state index contributed by atoms with van der Waals surface area (Å²) < 4.78 is 5.37. The third-order valence-corrected chi connectivity index (χ3v) is 4.85. The second kappa shape index (κ2) is 7.13. The molecule has 126 valence electrons. The fourth-order valence-corrected chi connectivity index (χ4v) is 3.17. The molecule has 1 aliphatic rings. The van der Waals surface area contributed by atoms with Crippen molar-refractivity contribution in [3.8, 4) is 10.4 Å². The van der Waals surface area contributed by atoms with E-state index in [1.807, 2.05) is 38.1 Å². The van der Waals surface area contributed by atoms with Crippen molar-refractivity contribution in [2.45, 2.75) is 33.1 Å². The summed E-state index contributed by atoms with van der Waals surface area (Å²) in [6.07, 6.45) is 2.72. The number of anilines is 1. The van der Waals surface area contributed by atoms with Gasteiger partial charge in [0.2, 0.25) is 5.91 Å². The molecule has 0 spiro atoms. The van der Waals surface area contributed by atoms with Gasteiger partial charge in [-0.1, -0.05) is 19.1 Å². The second-order valence-electron chi connectivity index (χ2n) is 5.93. The number of carbonyl (C=O) groups is 2. The van der Waals surface area contributed by atoms with E-state index in [0.29, 0.717) is 24.6 Å². The number of ether oxygens (including phenoxy) is 1. The number of hydrogen-bond acceptors (Lipinski definition) is 5. The molecule has 0 saturated heterocycles. The fraction of sp³-hybridized carbons (Fsp3) is 0.389. The topological polar surface area (TPSA) is 68.3 Å². The van der Waals surface area contributed by atoms with Crippen LogP contribution < -0.4 is 5.32 Å². The third kappa shape index (κ3) is 4.00. The van der Waals surface area contributed by atoms with Crippen LogP contribution in [0.1, 0.15) is 41.7 Å². The number of amides is 1. The molecule has 1 heterocycles. The van der Waals surface area contributed by atoms with Gasteiger partial charge in [-0.25, -0.2) is 9.78 Å². The molecule has 24 heavy (non-hydrogen) atoms. The highest BCUT2D eigenvalue weighted by atomic mass is 32.1. The van der Waals surface area contributed by atoms with Crippen molar-refractivity contribution in [1.82, 2.24) is 4.98 Å². The van der Waals surface area contributed by atoms with Gasteiger partial charge in [0.25, 0.3) is 0 Å². The number of thiazole rings is 1. The van der Waals surface area contributed by atoms with Crippen molar-refractivity contribution in [2.75, 3.05) is 11.9 Å². The van der Waals surface area contributed by atoms with Gasteiger partial charge < -0.3 is 10.1 Å². The predicted molar refractivity (Wildman–Crippen MR) is 94.2 cm³/mol. The number of esters is 1. The highest BCUT2D eigenvalue weighted by Crippen LogP contribution is 2.33. The molecule has 1 saturated carbocycles. The first kappa shape index (κ1) is 16.6. The number of nitrogens with one attached hydrogen (secondary N) is 1. The highest BCUT2D eigenvalue weighted by molar-refractivity contribution is 7.15. The van der Waals surface area contributed by atoms with Crippen molar-refractivity contribution >= 4 is 28.9 Å². The number of benzene rings is 1. The molecule has 1 aliphatic carbocycles. The van der Waals surface area contributed by atoms with Crippen molar-refractivity contribution in [3.63, 3.8) is 0 Å². The molecule has 6 heteroatoms. The lowest BCUT2D eigenvalue weighted by Crippen LogP contribution is -2.09. The Labute approximate surface area is 145 Å². The van der Waals surface area contributed by atoms with Crippen LogP contribution in [0.5, 0.6) is 0 Å². The SMILES string of the molecule is CCC(=O)Nc1ccc(-c2sc(C)nc2C(=O)OCC2CC2)cc1. The van der Waals surface area contributed by atoms with Crippen LogP contribution in [0, 0.1) is 12.8 Å². The molecule has 3 rings (SSSR count). The van der Waals surface area contributed by atoms with E-state index in [4.69, 9.17) is 4.74 Å². The van der Waals surface area contributed by atoms with Crippen LogP contribution in [-0.2, 0) is 9.53 Å². The first-order valence-corrected chi connectivity index (χ1v) is 8.93. The Morgan fingerprint density at radius 1 is 1.29 bits per heavy atom. The maximum atomic E-state index is 12.3. The fourth-order valence-electron chi connectivity index (χ4n) is 2.26. The number of rotatable bonds is 6. The molecule has 1 amide bonds. The third-order valence-electron chi connectivity index (χ3n) is 3.83. The van der Waals surface area contributed by atoms with Crippen LogP contribution in [0.15, 0.2) is 24.3 Å². The van der Waals surface area contributed by atoms with Gasteiger partial charge in [-0.3, -0.25) is 4.79 Å². The van der Waals surface area contributed by atoms with Gasteiger partial charge >= 0.3 is 5.97 Å². The Morgan fingerprint density at radius 2 is 2.00 bits per heavy atom. The number of carbonyl (C=O) groups excluding carboxylic acids is 2. The maximum absolute atomic E-state index is 12.3. The molecular formula is C18H20N2O3S. The van der Waals surface area contributed by atoms with E-state index in [-0.39, 0.29) is 11.9 Å². The molecule has 1 fully saturated rings. The summed E-state index contributed by atoms with van der Waals surface area (Å²) in [5, 5.41) is 3.64. The Hall–Kier alpha value is -2.21. The largest absolute Gasteiger partial charge is 0.461 e. The van der Waals surface area contributed by atoms with Gasteiger partial charge in [-0.2, -0.15) is 0 Å². The summed E-state index contributed by atoms with van der Waals surface area (Å²) in [7, 11) is 0. The minimum Gasteiger partial charge on any atom is -0.461 e. The molecule has 5 nitrogen and oxygen atoms in total. The predicted octanol–water partition coefficient (Wildman–Crippen LogP) is 4.03. The van der Waals surface area contributed by atoms with E-state index >= 15 is 0 Å². The van der Waals surface area contributed by atoms with Crippen LogP contribution >= 0.6 is 11.3 Å². The molecule has 0 radical (unpaired) electrons. The van der Waals surface area contributed by atoms with E-state index < -0.39 is 0 Å². The van der Waals surface area contributed by atoms with Crippen molar-refractivity contribution < 1.29 is 14.3 Å². The summed E-state index contributed by atoms with van der Waals surface area (Å²) in [6.45, 7) is 4.17. The number of nitrogens with zero attached hydrogens (tertiary/aromatic N) is 1. The summed E-state index contributed by atoms with van der Waals surface area (Å²) in [6, 6.07) is 7.43. The van der Waals surface area contributed by atoms with Gasteiger partial charge in [0, 0.05) is 12.1 Å². The molecule has 0 atom stereocenters. The minimum atomic E-state index is -0.357. The maximum Gasteiger partial charge on any atom is 0.358 e. The Bertz CT molecular complexity index is 748. The summed E-state index contributed by atoms with van der Waals surface area (Å²) in [4.78, 5) is 28.9. The lowest BCUT2D eigenvalue weighted by Gasteiger charge is -2.06. The summed E-state index contributed by atoms with van der Waals surface area (Å²) in [5.74, 6) is 0.143. The first-order valence-electron chi connectivity index (χ1n) is 8.11. The molecule has 0 aliphatic heterocycles. The lowest BCUT2D eigenvalue weighted by molar-refractivity contribution is -0.115. The average Bonchev–Trinajstić information content (AvgIpc) is 3.33. The molecule has 1 N–H and O–H groups in total.